The van der Waals surface area contributed by atoms with E-state index >= 15 is 0 Å². The molecule has 3 aromatic rings. The highest BCUT2D eigenvalue weighted by molar-refractivity contribution is 5.92. The molecular formula is C26H35N5O2. The average Bonchev–Trinajstić information content (AvgIpc) is 3.25. The minimum Gasteiger partial charge on any atom is -0.381 e. The highest BCUT2D eigenvalue weighted by Gasteiger charge is 2.32. The van der Waals surface area contributed by atoms with E-state index in [9.17, 15) is 0 Å². The second kappa shape index (κ2) is 9.39. The largest absolute Gasteiger partial charge is 0.381 e. The summed E-state index contributed by atoms with van der Waals surface area (Å²) < 4.78 is 11.2. The molecule has 7 nitrogen and oxygen atoms in total. The summed E-state index contributed by atoms with van der Waals surface area (Å²) in [4.78, 5) is 12.2. The number of aromatic nitrogens is 3. The van der Waals surface area contributed by atoms with E-state index in [1.807, 2.05) is 6.92 Å². The van der Waals surface area contributed by atoms with Crippen molar-refractivity contribution in [1.82, 2.24) is 20.4 Å². The molecule has 0 radical (unpaired) electrons. The topological polar surface area (TPSA) is 76.3 Å². The minimum absolute atomic E-state index is 0.359. The van der Waals surface area contributed by atoms with Crippen LogP contribution in [0.4, 0.5) is 5.82 Å². The summed E-state index contributed by atoms with van der Waals surface area (Å²) >= 11 is 0. The van der Waals surface area contributed by atoms with Gasteiger partial charge in [0, 0.05) is 43.3 Å². The lowest BCUT2D eigenvalue weighted by Crippen LogP contribution is -2.51. The molecule has 176 valence electrons. The lowest BCUT2D eigenvalue weighted by molar-refractivity contribution is 0.0733. The maximum absolute atomic E-state index is 5.67. The predicted octanol–water partition coefficient (Wildman–Crippen LogP) is 4.59. The molecule has 7 heteroatoms. The van der Waals surface area contributed by atoms with Crippen LogP contribution in [0.5, 0.6) is 0 Å². The van der Waals surface area contributed by atoms with Crippen LogP contribution in [0.3, 0.4) is 0 Å². The van der Waals surface area contributed by atoms with Gasteiger partial charge in [0.2, 0.25) is 0 Å². The maximum Gasteiger partial charge on any atom is 0.261 e. The molecule has 2 aliphatic heterocycles. The zero-order valence-corrected chi connectivity index (χ0v) is 20.2. The van der Waals surface area contributed by atoms with Crippen LogP contribution in [0.1, 0.15) is 56.5 Å². The highest BCUT2D eigenvalue weighted by Crippen LogP contribution is 2.38. The monoisotopic (exact) mass is 449 g/mol. The Morgan fingerprint density at radius 1 is 1.09 bits per heavy atom. The first-order valence-electron chi connectivity index (χ1n) is 12.4. The van der Waals surface area contributed by atoms with Crippen LogP contribution < -0.4 is 10.2 Å². The van der Waals surface area contributed by atoms with Crippen LogP contribution in [0, 0.1) is 13.8 Å². The molecule has 2 fully saturated rings. The summed E-state index contributed by atoms with van der Waals surface area (Å²) in [6, 6.07) is 8.05. The van der Waals surface area contributed by atoms with Gasteiger partial charge in [0.1, 0.15) is 5.82 Å². The third-order valence-electron chi connectivity index (χ3n) is 7.28. The van der Waals surface area contributed by atoms with Gasteiger partial charge in [-0.05, 0) is 76.1 Å². The normalized spacial score (nSPS) is 22.2. The summed E-state index contributed by atoms with van der Waals surface area (Å²) in [6.45, 7) is 11.2. The first kappa shape index (κ1) is 22.3. The molecule has 1 N–H and O–H groups in total. The Bertz CT molecular complexity index is 1120. The van der Waals surface area contributed by atoms with Crippen LogP contribution in [-0.4, -0.2) is 53.0 Å². The van der Waals surface area contributed by atoms with Crippen molar-refractivity contribution in [3.8, 4) is 11.5 Å². The number of benzene rings is 1. The van der Waals surface area contributed by atoms with Crippen LogP contribution in [-0.2, 0) is 11.2 Å². The molecule has 2 saturated heterocycles. The second-order valence-corrected chi connectivity index (χ2v) is 9.60. The maximum atomic E-state index is 5.67. The van der Waals surface area contributed by atoms with E-state index in [-0.39, 0.29) is 0 Å². The molecule has 0 amide bonds. The van der Waals surface area contributed by atoms with Crippen LogP contribution in [0.25, 0.3) is 22.4 Å². The van der Waals surface area contributed by atoms with Crippen molar-refractivity contribution >= 4 is 16.7 Å². The molecule has 5 rings (SSSR count). The predicted molar refractivity (Wildman–Crippen MR) is 131 cm³/mol. The van der Waals surface area contributed by atoms with Gasteiger partial charge < -0.3 is 19.5 Å². The van der Waals surface area contributed by atoms with E-state index in [4.69, 9.17) is 14.2 Å². The Morgan fingerprint density at radius 3 is 2.61 bits per heavy atom. The van der Waals surface area contributed by atoms with E-state index in [0.717, 1.165) is 79.7 Å². The van der Waals surface area contributed by atoms with Gasteiger partial charge >= 0.3 is 0 Å². The molecule has 1 aromatic carbocycles. The number of ether oxygens (including phenoxy) is 1. The average molecular weight is 450 g/mol. The Balaban J connectivity index is 1.49. The van der Waals surface area contributed by atoms with Crippen LogP contribution >= 0.6 is 0 Å². The number of pyridine rings is 1. The molecule has 0 spiro atoms. The third kappa shape index (κ3) is 4.49. The van der Waals surface area contributed by atoms with Gasteiger partial charge in [-0.15, -0.1) is 0 Å². The number of piperidine rings is 1. The number of hydrogen-bond donors (Lipinski definition) is 1. The number of nitrogens with zero attached hydrogens (tertiary/aromatic N) is 4. The van der Waals surface area contributed by atoms with Crippen molar-refractivity contribution in [2.45, 2.75) is 77.9 Å². The van der Waals surface area contributed by atoms with Gasteiger partial charge in [0.05, 0.1) is 11.1 Å². The van der Waals surface area contributed by atoms with Crippen molar-refractivity contribution in [3.63, 3.8) is 0 Å². The Morgan fingerprint density at radius 2 is 1.91 bits per heavy atom. The molecule has 0 bridgehead atoms. The molecule has 33 heavy (non-hydrogen) atoms. The summed E-state index contributed by atoms with van der Waals surface area (Å²) in [7, 11) is 0. The quantitative estimate of drug-likeness (QED) is 0.610. The van der Waals surface area contributed by atoms with E-state index in [1.54, 1.807) is 0 Å². The van der Waals surface area contributed by atoms with Crippen molar-refractivity contribution in [2.24, 2.45) is 0 Å². The number of rotatable bonds is 5. The van der Waals surface area contributed by atoms with Crippen LogP contribution in [0.15, 0.2) is 22.7 Å². The lowest BCUT2D eigenvalue weighted by atomic mass is 9.94. The second-order valence-electron chi connectivity index (χ2n) is 9.60. The molecule has 0 aliphatic carbocycles. The fraction of sp³-hybridized carbons (Fsp3) is 0.577. The summed E-state index contributed by atoms with van der Waals surface area (Å²) in [5, 5.41) is 9.13. The molecule has 2 atom stereocenters. The van der Waals surface area contributed by atoms with Crippen molar-refractivity contribution in [3.05, 3.63) is 35.2 Å². The fourth-order valence-corrected chi connectivity index (χ4v) is 5.37. The first-order valence-corrected chi connectivity index (χ1v) is 12.4. The smallest absolute Gasteiger partial charge is 0.261 e. The van der Waals surface area contributed by atoms with E-state index < -0.39 is 0 Å². The summed E-state index contributed by atoms with van der Waals surface area (Å²) in [5.41, 5.74) is 4.46. The van der Waals surface area contributed by atoms with Gasteiger partial charge in [-0.25, -0.2) is 4.98 Å². The number of anilines is 1. The minimum atomic E-state index is 0.359. The molecular weight excluding hydrogens is 414 g/mol. The van der Waals surface area contributed by atoms with Gasteiger partial charge in [0.15, 0.2) is 5.82 Å². The zero-order chi connectivity index (χ0) is 22.9. The summed E-state index contributed by atoms with van der Waals surface area (Å²) in [6.07, 6.45) is 5.41. The van der Waals surface area contributed by atoms with Gasteiger partial charge in [-0.1, -0.05) is 18.1 Å². The van der Waals surface area contributed by atoms with Crippen LogP contribution in [0.2, 0.25) is 0 Å². The third-order valence-corrected chi connectivity index (χ3v) is 7.28. The SMILES string of the molecule is CCc1ccc2nc(N3CC[C@H](NC4CCOCC4)C[C@H]3C)c(-c3nc(C)no3)c(C)c2c1. The van der Waals surface area contributed by atoms with Crippen molar-refractivity contribution < 1.29 is 9.26 Å². The number of aryl methyl sites for hydroxylation is 3. The van der Waals surface area contributed by atoms with Crippen molar-refractivity contribution in [2.75, 3.05) is 24.7 Å². The highest BCUT2D eigenvalue weighted by atomic mass is 16.5. The van der Waals surface area contributed by atoms with Gasteiger partial charge in [0.25, 0.3) is 5.89 Å². The molecule has 2 aliphatic rings. The standard InChI is InChI=1S/C26H35N5O2/c1-5-19-6-7-23-22(15-19)17(3)24(26-27-18(4)30-33-26)25(29-23)31-11-8-21(14-16(31)2)28-20-9-12-32-13-10-20/h6-7,15-16,20-21,28H,5,8-14H2,1-4H3/t16-,21+/m1/s1. The number of fused-ring (bicyclic) bond motifs is 1. The molecule has 2 aromatic heterocycles. The Kier molecular flexibility index (Phi) is 6.34. The molecule has 0 saturated carbocycles. The fourth-order valence-electron chi connectivity index (χ4n) is 5.37. The van der Waals surface area contributed by atoms with E-state index in [1.165, 1.54) is 5.56 Å². The summed E-state index contributed by atoms with van der Waals surface area (Å²) in [5.74, 6) is 2.17. The lowest BCUT2D eigenvalue weighted by Gasteiger charge is -2.41. The van der Waals surface area contributed by atoms with E-state index in [2.05, 4.69) is 59.3 Å². The number of hydrogen-bond acceptors (Lipinski definition) is 7. The Hall–Kier alpha value is -2.51. The Labute approximate surface area is 195 Å². The van der Waals surface area contributed by atoms with Crippen molar-refractivity contribution in [1.29, 1.82) is 0 Å². The van der Waals surface area contributed by atoms with Gasteiger partial charge in [-0.3, -0.25) is 0 Å². The zero-order valence-electron chi connectivity index (χ0n) is 20.2. The molecule has 4 heterocycles. The molecule has 0 unspecified atom stereocenters. The first-order chi connectivity index (χ1) is 16.0. The van der Waals surface area contributed by atoms with E-state index in [0.29, 0.717) is 29.8 Å². The number of nitrogens with one attached hydrogen (secondary N) is 1. The van der Waals surface area contributed by atoms with Gasteiger partial charge in [-0.2, -0.15) is 4.98 Å².